The summed E-state index contributed by atoms with van der Waals surface area (Å²) in [6, 6.07) is 5.84. The molecule has 0 aliphatic carbocycles. The lowest BCUT2D eigenvalue weighted by Gasteiger charge is -2.19. The van der Waals surface area contributed by atoms with Gasteiger partial charge in [-0.25, -0.2) is 4.79 Å². The van der Waals surface area contributed by atoms with Crippen LogP contribution in [0.25, 0.3) is 5.57 Å². The van der Waals surface area contributed by atoms with Gasteiger partial charge in [0, 0.05) is 12.0 Å². The summed E-state index contributed by atoms with van der Waals surface area (Å²) in [7, 11) is 0. The zero-order valence-electron chi connectivity index (χ0n) is 12.4. The predicted octanol–water partition coefficient (Wildman–Crippen LogP) is 3.91. The van der Waals surface area contributed by atoms with Crippen LogP contribution in [0.4, 0.5) is 0 Å². The molecule has 108 valence electrons. The molecule has 0 saturated carbocycles. The molecule has 0 bridgehead atoms. The number of hydrogen-bond donors (Lipinski definition) is 0. The lowest BCUT2D eigenvalue weighted by atomic mass is 10.1. The van der Waals surface area contributed by atoms with Gasteiger partial charge in [0.2, 0.25) is 0 Å². The van der Waals surface area contributed by atoms with Gasteiger partial charge in [-0.15, -0.1) is 6.58 Å². The lowest BCUT2D eigenvalue weighted by Crippen LogP contribution is -2.29. The molecule has 0 aliphatic heterocycles. The van der Waals surface area contributed by atoms with E-state index in [9.17, 15) is 4.79 Å². The van der Waals surface area contributed by atoms with Gasteiger partial charge in [0.1, 0.15) is 5.75 Å². The standard InChI is InChI=1S/C17H22O3/c1-6-8-15(17(18)19-7-2)20-16-11-13(5)9-10-14(16)12(3)4/h6,9-11,15H,1,3,7-8H2,2,4-5H3. The molecule has 20 heavy (non-hydrogen) atoms. The first-order chi connectivity index (χ1) is 9.49. The topological polar surface area (TPSA) is 35.5 Å². The number of allylic oxidation sites excluding steroid dienone is 1. The van der Waals surface area contributed by atoms with Crippen molar-refractivity contribution in [2.75, 3.05) is 6.61 Å². The van der Waals surface area contributed by atoms with Crippen molar-refractivity contribution < 1.29 is 14.3 Å². The van der Waals surface area contributed by atoms with E-state index >= 15 is 0 Å². The molecule has 1 aromatic carbocycles. The quantitative estimate of drug-likeness (QED) is 0.558. The van der Waals surface area contributed by atoms with E-state index in [-0.39, 0.29) is 5.97 Å². The molecule has 0 aliphatic rings. The van der Waals surface area contributed by atoms with Crippen molar-refractivity contribution in [1.82, 2.24) is 0 Å². The summed E-state index contributed by atoms with van der Waals surface area (Å²) in [4.78, 5) is 11.9. The van der Waals surface area contributed by atoms with Crippen molar-refractivity contribution in [2.24, 2.45) is 0 Å². The van der Waals surface area contributed by atoms with Crippen molar-refractivity contribution in [1.29, 1.82) is 0 Å². The molecular formula is C17H22O3. The fourth-order valence-corrected chi connectivity index (χ4v) is 1.81. The van der Waals surface area contributed by atoms with E-state index in [4.69, 9.17) is 9.47 Å². The zero-order valence-corrected chi connectivity index (χ0v) is 12.4. The van der Waals surface area contributed by atoms with Gasteiger partial charge in [0.15, 0.2) is 6.10 Å². The summed E-state index contributed by atoms with van der Waals surface area (Å²) < 4.78 is 10.9. The largest absolute Gasteiger partial charge is 0.478 e. The smallest absolute Gasteiger partial charge is 0.347 e. The highest BCUT2D eigenvalue weighted by molar-refractivity contribution is 5.76. The van der Waals surface area contributed by atoms with E-state index in [1.807, 2.05) is 32.0 Å². The molecule has 0 saturated heterocycles. The maximum atomic E-state index is 11.9. The van der Waals surface area contributed by atoms with Crippen molar-refractivity contribution in [3.8, 4) is 5.75 Å². The Balaban J connectivity index is 3.03. The van der Waals surface area contributed by atoms with Crippen molar-refractivity contribution in [3.63, 3.8) is 0 Å². The van der Waals surface area contributed by atoms with Crippen LogP contribution in [0, 0.1) is 6.92 Å². The monoisotopic (exact) mass is 274 g/mol. The molecule has 0 aromatic heterocycles. The Morgan fingerprint density at radius 1 is 1.45 bits per heavy atom. The van der Waals surface area contributed by atoms with Crippen LogP contribution in [0.1, 0.15) is 31.4 Å². The molecule has 0 amide bonds. The van der Waals surface area contributed by atoms with Crippen LogP contribution in [-0.2, 0) is 9.53 Å². The summed E-state index contributed by atoms with van der Waals surface area (Å²) in [6.45, 7) is 13.6. The third kappa shape index (κ3) is 4.26. The fourth-order valence-electron chi connectivity index (χ4n) is 1.81. The predicted molar refractivity (Wildman–Crippen MR) is 81.8 cm³/mol. The maximum absolute atomic E-state index is 11.9. The number of hydrogen-bond acceptors (Lipinski definition) is 3. The SMILES string of the molecule is C=CCC(Oc1cc(C)ccc1C(=C)C)C(=O)OCC. The van der Waals surface area contributed by atoms with Gasteiger partial charge in [-0.05, 0) is 38.0 Å². The summed E-state index contributed by atoms with van der Waals surface area (Å²) in [5.74, 6) is 0.277. The highest BCUT2D eigenvalue weighted by atomic mass is 16.6. The van der Waals surface area contributed by atoms with Crippen molar-refractivity contribution in [3.05, 3.63) is 48.6 Å². The minimum atomic E-state index is -0.674. The molecule has 3 heteroatoms. The van der Waals surface area contributed by atoms with Crippen LogP contribution < -0.4 is 4.74 Å². The first-order valence-corrected chi connectivity index (χ1v) is 6.70. The normalized spacial score (nSPS) is 11.6. The van der Waals surface area contributed by atoms with Gasteiger partial charge in [0.25, 0.3) is 0 Å². The van der Waals surface area contributed by atoms with Crippen molar-refractivity contribution in [2.45, 2.75) is 33.3 Å². The average molecular weight is 274 g/mol. The molecule has 0 fully saturated rings. The number of carbonyl (C=O) groups is 1. The second-order valence-corrected chi connectivity index (χ2v) is 4.66. The molecule has 1 unspecified atom stereocenters. The molecule has 0 spiro atoms. The maximum Gasteiger partial charge on any atom is 0.347 e. The summed E-state index contributed by atoms with van der Waals surface area (Å²) in [6.07, 6.45) is 1.38. The second-order valence-electron chi connectivity index (χ2n) is 4.66. The number of rotatable bonds is 7. The molecule has 0 heterocycles. The number of aryl methyl sites for hydroxylation is 1. The van der Waals surface area contributed by atoms with Crippen LogP contribution in [0.2, 0.25) is 0 Å². The van der Waals surface area contributed by atoms with Gasteiger partial charge in [-0.2, -0.15) is 0 Å². The first kappa shape index (κ1) is 16.0. The molecule has 1 atom stereocenters. The molecule has 0 N–H and O–H groups in total. The molecule has 0 radical (unpaired) electrons. The van der Waals surface area contributed by atoms with Crippen molar-refractivity contribution >= 4 is 11.5 Å². The number of benzene rings is 1. The lowest BCUT2D eigenvalue weighted by molar-refractivity contribution is -0.151. The zero-order chi connectivity index (χ0) is 15.1. The third-order valence-electron chi connectivity index (χ3n) is 2.80. The van der Waals surface area contributed by atoms with Crippen LogP contribution >= 0.6 is 0 Å². The minimum Gasteiger partial charge on any atom is -0.478 e. The van der Waals surface area contributed by atoms with E-state index < -0.39 is 6.10 Å². The van der Waals surface area contributed by atoms with Crippen LogP contribution in [0.15, 0.2) is 37.4 Å². The summed E-state index contributed by atoms with van der Waals surface area (Å²) >= 11 is 0. The molecular weight excluding hydrogens is 252 g/mol. The van der Waals surface area contributed by atoms with Gasteiger partial charge in [-0.1, -0.05) is 24.8 Å². The third-order valence-corrected chi connectivity index (χ3v) is 2.80. The molecule has 1 rings (SSSR count). The molecule has 1 aromatic rings. The molecule has 3 nitrogen and oxygen atoms in total. The van der Waals surface area contributed by atoms with Crippen LogP contribution in [0.5, 0.6) is 5.75 Å². The van der Waals surface area contributed by atoms with Gasteiger partial charge < -0.3 is 9.47 Å². The van der Waals surface area contributed by atoms with E-state index in [0.29, 0.717) is 18.8 Å². The van der Waals surface area contributed by atoms with E-state index in [1.54, 1.807) is 13.0 Å². The van der Waals surface area contributed by atoms with Gasteiger partial charge in [-0.3, -0.25) is 0 Å². The Hall–Kier alpha value is -2.03. The highest BCUT2D eigenvalue weighted by Gasteiger charge is 2.21. The Morgan fingerprint density at radius 2 is 2.15 bits per heavy atom. The number of carbonyl (C=O) groups excluding carboxylic acids is 1. The van der Waals surface area contributed by atoms with Gasteiger partial charge in [0.05, 0.1) is 6.61 Å². The van der Waals surface area contributed by atoms with E-state index in [2.05, 4.69) is 13.2 Å². The summed E-state index contributed by atoms with van der Waals surface area (Å²) in [5.41, 5.74) is 2.85. The van der Waals surface area contributed by atoms with Crippen LogP contribution in [0.3, 0.4) is 0 Å². The fraction of sp³-hybridized carbons (Fsp3) is 0.353. The average Bonchev–Trinajstić information content (AvgIpc) is 2.38. The van der Waals surface area contributed by atoms with E-state index in [1.165, 1.54) is 0 Å². The Kier molecular flexibility index (Phi) is 6.04. The number of ether oxygens (including phenoxy) is 2. The Labute approximate surface area is 120 Å². The Morgan fingerprint density at radius 3 is 2.70 bits per heavy atom. The number of esters is 1. The Bertz CT molecular complexity index is 503. The van der Waals surface area contributed by atoms with E-state index in [0.717, 1.165) is 16.7 Å². The van der Waals surface area contributed by atoms with Gasteiger partial charge >= 0.3 is 5.97 Å². The van der Waals surface area contributed by atoms with Crippen LogP contribution in [-0.4, -0.2) is 18.7 Å². The minimum absolute atomic E-state index is 0.330. The second kappa shape index (κ2) is 7.53. The summed E-state index contributed by atoms with van der Waals surface area (Å²) in [5, 5.41) is 0. The highest BCUT2D eigenvalue weighted by Crippen LogP contribution is 2.27. The first-order valence-electron chi connectivity index (χ1n) is 6.70.